The number of aliphatic imine (C=N–C) groups is 10. The second-order valence-corrected chi connectivity index (χ2v) is 22.5. The fraction of sp³-hybridized carbons (Fsp3) is 0.355. The molecule has 5 aliphatic rings. The minimum atomic E-state index is -0.216. The Labute approximate surface area is 561 Å². The molecule has 21 N–H and O–H groups in total. The summed E-state index contributed by atoms with van der Waals surface area (Å²) in [6.07, 6.45) is -0.671. The van der Waals surface area contributed by atoms with Gasteiger partial charge in [0.1, 0.15) is 24.7 Å². The highest BCUT2D eigenvalue weighted by Crippen LogP contribution is 2.32. The van der Waals surface area contributed by atoms with Crippen LogP contribution in [0.15, 0.2) is 141 Å². The molecule has 0 bridgehead atoms. The molecule has 5 atom stereocenters. The van der Waals surface area contributed by atoms with Crippen LogP contribution in [0.2, 0.25) is 0 Å². The Kier molecular flexibility index (Phi) is 25.6. The van der Waals surface area contributed by atoms with Crippen molar-refractivity contribution in [2.24, 2.45) is 61.4 Å². The Hall–Kier alpha value is -12.2. The third-order valence-corrected chi connectivity index (χ3v) is 13.9. The van der Waals surface area contributed by atoms with Gasteiger partial charge in [0.2, 0.25) is 29.8 Å². The third kappa shape index (κ3) is 21.7. The molecule has 0 radical (unpaired) electrons. The van der Waals surface area contributed by atoms with Crippen molar-refractivity contribution in [1.29, 1.82) is 0 Å². The normalized spacial score (nSPS) is 19.6. The molecule has 0 aliphatic carbocycles. The van der Waals surface area contributed by atoms with E-state index in [0.29, 0.717) is 73.0 Å². The minimum Gasteiger partial charge on any atom is -0.504 e. The molecule has 5 aliphatic heterocycles. The molecule has 35 heteroatoms. The van der Waals surface area contributed by atoms with Crippen LogP contribution in [0.5, 0.6) is 57.5 Å². The summed E-state index contributed by atoms with van der Waals surface area (Å²) in [4.78, 5) is 54.0. The molecule has 0 saturated carbocycles. The molecule has 1 fully saturated rings. The summed E-state index contributed by atoms with van der Waals surface area (Å²) in [5.41, 5.74) is 15.1. The Morgan fingerprint density at radius 1 is 0.423 bits per heavy atom. The summed E-state index contributed by atoms with van der Waals surface area (Å²) in [5.74, 6) is 4.44. The monoisotopic (exact) mass is 1340 g/mol. The van der Waals surface area contributed by atoms with Gasteiger partial charge in [-0.15, -0.1) is 0 Å². The third-order valence-electron chi connectivity index (χ3n) is 13.9. The lowest BCUT2D eigenvalue weighted by molar-refractivity contribution is 0.401. The average molecular weight is 1340 g/mol. The van der Waals surface area contributed by atoms with Crippen molar-refractivity contribution in [1.82, 2.24) is 56.8 Å². The predicted molar refractivity (Wildman–Crippen MR) is 378 cm³/mol. The van der Waals surface area contributed by atoms with Crippen molar-refractivity contribution in [3.8, 4) is 57.5 Å². The quantitative estimate of drug-likeness (QED) is 0.0986. The summed E-state index contributed by atoms with van der Waals surface area (Å²) in [7, 11) is 16.7. The van der Waals surface area contributed by atoms with Gasteiger partial charge in [0.05, 0.1) is 19.3 Å². The van der Waals surface area contributed by atoms with E-state index in [1.165, 1.54) is 60.7 Å². The van der Waals surface area contributed by atoms with E-state index in [0.717, 1.165) is 34.3 Å². The first-order valence-electron chi connectivity index (χ1n) is 30.1. The van der Waals surface area contributed by atoms with Gasteiger partial charge < -0.3 is 103 Å². The molecule has 5 heterocycles. The second kappa shape index (κ2) is 33.6. The van der Waals surface area contributed by atoms with E-state index in [-0.39, 0.29) is 88.3 Å². The van der Waals surface area contributed by atoms with Gasteiger partial charge in [-0.25, -0.2) is 44.9 Å². The number of aromatic hydroxyl groups is 10. The largest absolute Gasteiger partial charge is 0.504 e. The van der Waals surface area contributed by atoms with E-state index in [4.69, 9.17) is 11.5 Å². The summed E-state index contributed by atoms with van der Waals surface area (Å²) in [5, 5.41) is 115. The van der Waals surface area contributed by atoms with Gasteiger partial charge in [0.15, 0.2) is 87.3 Å². The first-order valence-corrected chi connectivity index (χ1v) is 30.1. The maximum Gasteiger partial charge on any atom is 0.209 e. The molecule has 5 aromatic carbocycles. The lowest BCUT2D eigenvalue weighted by atomic mass is 10.2. The van der Waals surface area contributed by atoms with E-state index in [1.807, 2.05) is 115 Å². The Bertz CT molecular complexity index is 3890. The van der Waals surface area contributed by atoms with Gasteiger partial charge >= 0.3 is 0 Å². The molecule has 522 valence electrons. The van der Waals surface area contributed by atoms with Crippen molar-refractivity contribution in [3.05, 3.63) is 108 Å². The second-order valence-electron chi connectivity index (χ2n) is 22.5. The zero-order valence-corrected chi connectivity index (χ0v) is 56.5. The lowest BCUT2D eigenvalue weighted by Gasteiger charge is -2.35. The van der Waals surface area contributed by atoms with Crippen LogP contribution >= 0.6 is 0 Å². The molecule has 97 heavy (non-hydrogen) atoms. The number of hydrogen-bond donors (Lipinski definition) is 19. The summed E-state index contributed by atoms with van der Waals surface area (Å²) in [6.45, 7) is 10.7. The number of benzene rings is 5. The van der Waals surface area contributed by atoms with Crippen molar-refractivity contribution in [2.75, 3.05) is 73.2 Å². The topological polar surface area (TPSA) is 482 Å². The summed E-state index contributed by atoms with van der Waals surface area (Å²) >= 11 is 0. The van der Waals surface area contributed by atoms with Crippen LogP contribution in [0.4, 0.5) is 11.4 Å². The molecular formula is C62H89N25O10. The van der Waals surface area contributed by atoms with Crippen molar-refractivity contribution >= 4 is 71.0 Å². The van der Waals surface area contributed by atoms with Gasteiger partial charge in [-0.1, -0.05) is 18.2 Å². The van der Waals surface area contributed by atoms with Crippen LogP contribution in [-0.2, 0) is 19.6 Å². The van der Waals surface area contributed by atoms with Gasteiger partial charge in [0, 0.05) is 93.5 Å². The number of nitrogens with two attached hydrogens (primary N) is 2. The fourth-order valence-corrected chi connectivity index (χ4v) is 9.00. The molecule has 1 saturated heterocycles. The smallest absolute Gasteiger partial charge is 0.209 e. The Morgan fingerprint density at radius 2 is 0.845 bits per heavy atom. The number of rotatable bonds is 8. The van der Waals surface area contributed by atoms with Crippen LogP contribution in [0.25, 0.3) is 0 Å². The zero-order valence-electron chi connectivity index (χ0n) is 56.5. The van der Waals surface area contributed by atoms with Gasteiger partial charge in [0.25, 0.3) is 0 Å². The first-order chi connectivity index (χ1) is 45.8. The van der Waals surface area contributed by atoms with Crippen LogP contribution in [0.1, 0.15) is 51.3 Å². The van der Waals surface area contributed by atoms with Crippen LogP contribution < -0.4 is 58.5 Å². The van der Waals surface area contributed by atoms with Crippen molar-refractivity contribution in [2.45, 2.75) is 85.1 Å². The van der Waals surface area contributed by atoms with E-state index in [2.05, 4.69) is 87.1 Å². The number of guanidine groups is 10. The lowest BCUT2D eigenvalue weighted by Crippen LogP contribution is -2.61. The van der Waals surface area contributed by atoms with Crippen LogP contribution in [0, 0.1) is 0 Å². The number of hydrogen-bond acceptors (Lipinski definition) is 30. The number of phenolic OH excluding ortho intramolecular Hbond substituents is 10. The van der Waals surface area contributed by atoms with E-state index in [9.17, 15) is 51.1 Å². The molecule has 35 nitrogen and oxygen atoms in total. The number of anilines is 2. The van der Waals surface area contributed by atoms with Crippen molar-refractivity contribution in [3.63, 3.8) is 0 Å². The molecule has 0 amide bonds. The van der Waals surface area contributed by atoms with Crippen molar-refractivity contribution < 1.29 is 51.1 Å². The fourth-order valence-electron chi connectivity index (χ4n) is 9.00. The zero-order chi connectivity index (χ0) is 71.5. The number of phenols is 10. The highest BCUT2D eigenvalue weighted by Gasteiger charge is 2.26. The van der Waals surface area contributed by atoms with E-state index in [1.54, 1.807) is 42.3 Å². The maximum atomic E-state index is 9.64. The molecular weight excluding hydrogens is 1250 g/mol. The predicted octanol–water partition coefficient (Wildman–Crippen LogP) is 1.88. The van der Waals surface area contributed by atoms with Gasteiger partial charge in [-0.2, -0.15) is 0 Å². The standard InChI is InChI=1S/C14H21N5O2.C13H19N5O2.2C12H17N5O2.C11H15N5O2/c1-9-15-13(17(2)3)19(5)14(16-9)18(4)10-6-7-11(20)12(21)8-10;1-8-14-12(17(2)3)16-13(15-8)18(4)9-5-6-10(19)11(20)7-9;1-7-14-11(13)16-12(15-7)17(2)6-8-3-4-9(18)10(19)5-8;1-7-15-11(13-2)17-12(16-7)14-6-8-3-4-9(18)10(19)5-8;1-6-14-10(12)16-11(15-6)13-5-7-2-3-8(17)9(18)4-7/h6-9,20-21H,1-5H3;5-8,19-20H,1-4H3,(H,14,15,16);3-5,7,18-19H,6H2,1-2H3,(H3,13,14,15,16);3-5,7,18-19H,6H2,1-2H3,(H3,13,14,15,16,17);2-4,6,17-18H,5H2,1H3,(H4,12,13,14,15,16). The molecule has 5 aromatic rings. The van der Waals surface area contributed by atoms with Crippen LogP contribution in [0.3, 0.4) is 0 Å². The average Bonchev–Trinajstić information content (AvgIpc) is 0.828. The Balaban J connectivity index is 0.000000192. The van der Waals surface area contributed by atoms with Crippen LogP contribution in [-0.4, -0.2) is 225 Å². The summed E-state index contributed by atoms with van der Waals surface area (Å²) < 4.78 is 0. The number of nitrogens with one attached hydrogen (secondary N) is 7. The molecule has 5 unspecified atom stereocenters. The summed E-state index contributed by atoms with van der Waals surface area (Å²) in [6, 6.07) is 23.2. The van der Waals surface area contributed by atoms with Gasteiger partial charge in [-0.05, 0) is 112 Å². The highest BCUT2D eigenvalue weighted by atomic mass is 16.3. The number of nitrogens with zero attached hydrogens (tertiary/aromatic N) is 16. The molecule has 0 spiro atoms. The SMILES string of the molecule is CC1N=C(N(C)C)N(C)C(N(C)c2ccc(O)c(O)c2)=N1.CC1N=C(N(C)C)NC(N(C)c2ccc(O)c(O)c2)=N1.CC1N=C(N)NC(=NCc2ccc(O)c(O)c2)N1.CC1N=C(N)NC(N(C)Cc2ccc(O)c(O)c2)=N1.CN=C1NC(=NCc2ccc(O)c(O)c2)NC(C)N1. The van der Waals surface area contributed by atoms with Gasteiger partial charge in [-0.3, -0.25) is 31.2 Å². The highest BCUT2D eigenvalue weighted by molar-refractivity contribution is 6.08. The molecule has 10 rings (SSSR count). The first kappa shape index (κ1) is 73.8. The Morgan fingerprint density at radius 3 is 1.33 bits per heavy atom. The van der Waals surface area contributed by atoms with E-state index >= 15 is 0 Å². The van der Waals surface area contributed by atoms with E-state index < -0.39 is 0 Å². The maximum absolute atomic E-state index is 9.64. The minimum absolute atomic E-state index is 0.0342. The molecule has 0 aromatic heterocycles.